The highest BCUT2D eigenvalue weighted by Crippen LogP contribution is 2.29. The van der Waals surface area contributed by atoms with Crippen LogP contribution in [0.2, 0.25) is 5.02 Å². The molecule has 7 heteroatoms. The number of likely N-dealkylation sites (tertiary alicyclic amines) is 1. The van der Waals surface area contributed by atoms with Crippen molar-refractivity contribution in [2.75, 3.05) is 20.2 Å². The van der Waals surface area contributed by atoms with Crippen molar-refractivity contribution >= 4 is 17.5 Å². The molecular weight excluding hydrogens is 378 g/mol. The van der Waals surface area contributed by atoms with Gasteiger partial charge in [0.05, 0.1) is 23.6 Å². The molecule has 1 fully saturated rings. The Morgan fingerprint density at radius 2 is 2.00 bits per heavy atom. The van der Waals surface area contributed by atoms with Crippen molar-refractivity contribution in [2.24, 2.45) is 0 Å². The number of piperidine rings is 1. The topological polar surface area (TPSA) is 68.5 Å². The van der Waals surface area contributed by atoms with Gasteiger partial charge < -0.3 is 14.2 Å². The average molecular weight is 398 g/mol. The number of hydrogen-bond donors (Lipinski definition) is 0. The summed E-state index contributed by atoms with van der Waals surface area (Å²) >= 11 is 6.19. The van der Waals surface area contributed by atoms with Gasteiger partial charge in [0.2, 0.25) is 11.7 Å². The molecule has 0 unspecified atom stereocenters. The van der Waals surface area contributed by atoms with Gasteiger partial charge in [-0.2, -0.15) is 4.98 Å². The normalized spacial score (nSPS) is 16.8. The molecule has 1 aromatic heterocycles. The fourth-order valence-corrected chi connectivity index (χ4v) is 3.64. The molecule has 0 spiro atoms. The van der Waals surface area contributed by atoms with Crippen molar-refractivity contribution in [3.8, 4) is 17.1 Å². The van der Waals surface area contributed by atoms with E-state index in [0.29, 0.717) is 35.4 Å². The highest BCUT2D eigenvalue weighted by molar-refractivity contribution is 6.33. The number of carbonyl (C=O) groups is 1. The van der Waals surface area contributed by atoms with Crippen LogP contribution in [0.25, 0.3) is 11.4 Å². The summed E-state index contributed by atoms with van der Waals surface area (Å²) in [6.07, 6.45) is 1.78. The Kier molecular flexibility index (Phi) is 5.30. The molecule has 3 aromatic rings. The first kappa shape index (κ1) is 18.5. The lowest BCUT2D eigenvalue weighted by Crippen LogP contribution is -2.39. The smallest absolute Gasteiger partial charge is 0.255 e. The minimum Gasteiger partial charge on any atom is -0.497 e. The van der Waals surface area contributed by atoms with E-state index in [1.54, 1.807) is 19.2 Å². The lowest BCUT2D eigenvalue weighted by Gasteiger charge is -2.31. The van der Waals surface area contributed by atoms with Crippen molar-refractivity contribution in [1.29, 1.82) is 0 Å². The zero-order valence-electron chi connectivity index (χ0n) is 15.5. The number of rotatable bonds is 4. The van der Waals surface area contributed by atoms with Crippen LogP contribution in [-0.4, -0.2) is 41.1 Å². The summed E-state index contributed by atoms with van der Waals surface area (Å²) in [7, 11) is 1.63. The number of benzene rings is 2. The Labute approximate surface area is 168 Å². The highest BCUT2D eigenvalue weighted by atomic mass is 35.5. The molecule has 1 saturated heterocycles. The van der Waals surface area contributed by atoms with Crippen molar-refractivity contribution in [3.63, 3.8) is 0 Å². The summed E-state index contributed by atoms with van der Waals surface area (Å²) < 4.78 is 10.7. The second-order valence-corrected chi connectivity index (χ2v) is 7.16. The third-order valence-electron chi connectivity index (χ3n) is 4.95. The van der Waals surface area contributed by atoms with E-state index in [2.05, 4.69) is 10.1 Å². The van der Waals surface area contributed by atoms with Crippen LogP contribution in [0.3, 0.4) is 0 Å². The molecule has 28 heavy (non-hydrogen) atoms. The molecular formula is C21H20ClN3O3. The van der Waals surface area contributed by atoms with Crippen LogP contribution in [0.4, 0.5) is 0 Å². The summed E-state index contributed by atoms with van der Waals surface area (Å²) in [4.78, 5) is 19.2. The molecule has 4 rings (SSSR count). The van der Waals surface area contributed by atoms with Crippen LogP contribution in [0.5, 0.6) is 5.75 Å². The van der Waals surface area contributed by atoms with Gasteiger partial charge in [0.1, 0.15) is 5.75 Å². The van der Waals surface area contributed by atoms with Gasteiger partial charge in [-0.1, -0.05) is 28.9 Å². The summed E-state index contributed by atoms with van der Waals surface area (Å²) in [6.45, 7) is 1.23. The van der Waals surface area contributed by atoms with E-state index in [-0.39, 0.29) is 11.8 Å². The molecule has 2 heterocycles. The maximum Gasteiger partial charge on any atom is 0.255 e. The number of nitrogens with zero attached hydrogens (tertiary/aromatic N) is 3. The Balaban J connectivity index is 1.50. The largest absolute Gasteiger partial charge is 0.497 e. The minimum absolute atomic E-state index is 0.0136. The molecule has 0 saturated carbocycles. The number of carbonyl (C=O) groups excluding carboxylic acids is 1. The van der Waals surface area contributed by atoms with Crippen LogP contribution in [0.1, 0.15) is 35.0 Å². The lowest BCUT2D eigenvalue weighted by atomic mass is 9.97. The Hall–Kier alpha value is -2.86. The first-order valence-electron chi connectivity index (χ1n) is 9.17. The van der Waals surface area contributed by atoms with E-state index in [0.717, 1.165) is 24.2 Å². The SMILES string of the molecule is COc1ccc(-c2noc([C@@H]3CCCN(C(=O)c4ccccc4Cl)C3)n2)cc1. The highest BCUT2D eigenvalue weighted by Gasteiger charge is 2.29. The van der Waals surface area contributed by atoms with E-state index in [9.17, 15) is 4.79 Å². The minimum atomic E-state index is -0.0646. The van der Waals surface area contributed by atoms with Gasteiger partial charge in [-0.25, -0.2) is 0 Å². The van der Waals surface area contributed by atoms with Gasteiger partial charge in [-0.15, -0.1) is 0 Å². The molecule has 144 valence electrons. The maximum absolute atomic E-state index is 12.8. The zero-order chi connectivity index (χ0) is 19.5. The lowest BCUT2D eigenvalue weighted by molar-refractivity contribution is 0.0696. The number of aromatic nitrogens is 2. The predicted molar refractivity (Wildman–Crippen MR) is 106 cm³/mol. The van der Waals surface area contributed by atoms with E-state index in [1.807, 2.05) is 41.3 Å². The maximum atomic E-state index is 12.8. The third kappa shape index (κ3) is 3.73. The first-order valence-corrected chi connectivity index (χ1v) is 9.55. The molecule has 1 atom stereocenters. The summed E-state index contributed by atoms with van der Waals surface area (Å²) in [5, 5.41) is 4.57. The van der Waals surface area contributed by atoms with Crippen LogP contribution in [-0.2, 0) is 0 Å². The summed E-state index contributed by atoms with van der Waals surface area (Å²) in [5.41, 5.74) is 1.38. The van der Waals surface area contributed by atoms with Gasteiger partial charge >= 0.3 is 0 Å². The van der Waals surface area contributed by atoms with E-state index in [1.165, 1.54) is 0 Å². The Morgan fingerprint density at radius 3 is 2.75 bits per heavy atom. The second-order valence-electron chi connectivity index (χ2n) is 6.75. The van der Waals surface area contributed by atoms with E-state index < -0.39 is 0 Å². The van der Waals surface area contributed by atoms with E-state index in [4.69, 9.17) is 20.9 Å². The monoisotopic (exact) mass is 397 g/mol. The van der Waals surface area contributed by atoms with Crippen molar-refractivity contribution in [1.82, 2.24) is 15.0 Å². The van der Waals surface area contributed by atoms with Crippen LogP contribution in [0, 0.1) is 0 Å². The Morgan fingerprint density at radius 1 is 1.21 bits per heavy atom. The first-order chi connectivity index (χ1) is 13.7. The number of halogens is 1. The number of ether oxygens (including phenoxy) is 1. The van der Waals surface area contributed by atoms with Gasteiger partial charge in [-0.3, -0.25) is 4.79 Å². The van der Waals surface area contributed by atoms with Crippen LogP contribution >= 0.6 is 11.6 Å². The molecule has 1 aliphatic heterocycles. The molecule has 0 bridgehead atoms. The summed E-state index contributed by atoms with van der Waals surface area (Å²) in [6, 6.07) is 14.6. The average Bonchev–Trinajstić information content (AvgIpc) is 3.24. The van der Waals surface area contributed by atoms with Gasteiger partial charge in [0.15, 0.2) is 0 Å². The molecule has 1 amide bonds. The molecule has 0 aliphatic carbocycles. The molecule has 1 aliphatic rings. The zero-order valence-corrected chi connectivity index (χ0v) is 16.2. The summed E-state index contributed by atoms with van der Waals surface area (Å²) in [5.74, 6) is 1.81. The fraction of sp³-hybridized carbons (Fsp3) is 0.286. The van der Waals surface area contributed by atoms with E-state index >= 15 is 0 Å². The van der Waals surface area contributed by atoms with Crippen LogP contribution < -0.4 is 4.74 Å². The standard InChI is InChI=1S/C21H20ClN3O3/c1-27-16-10-8-14(9-11-16)19-23-20(28-24-19)15-5-4-12-25(13-15)21(26)17-6-2-3-7-18(17)22/h2-3,6-11,15H,4-5,12-13H2,1H3/t15-/m1/s1. The number of amides is 1. The van der Waals surface area contributed by atoms with Crippen molar-refractivity contribution in [3.05, 3.63) is 65.0 Å². The molecule has 6 nitrogen and oxygen atoms in total. The molecule has 0 N–H and O–H groups in total. The fourth-order valence-electron chi connectivity index (χ4n) is 3.43. The molecule has 2 aromatic carbocycles. The van der Waals surface area contributed by atoms with Gasteiger partial charge in [-0.05, 0) is 49.2 Å². The van der Waals surface area contributed by atoms with Crippen molar-refractivity contribution < 1.29 is 14.1 Å². The molecule has 0 radical (unpaired) electrons. The van der Waals surface area contributed by atoms with Gasteiger partial charge in [0, 0.05) is 18.7 Å². The number of methoxy groups -OCH3 is 1. The van der Waals surface area contributed by atoms with Gasteiger partial charge in [0.25, 0.3) is 5.91 Å². The third-order valence-corrected chi connectivity index (χ3v) is 5.28. The van der Waals surface area contributed by atoms with Crippen molar-refractivity contribution in [2.45, 2.75) is 18.8 Å². The Bertz CT molecular complexity index is 971. The number of hydrogen-bond acceptors (Lipinski definition) is 5. The quantitative estimate of drug-likeness (QED) is 0.651. The van der Waals surface area contributed by atoms with Crippen LogP contribution in [0.15, 0.2) is 53.1 Å². The second kappa shape index (κ2) is 8.02. The predicted octanol–water partition coefficient (Wildman–Crippen LogP) is 4.42.